The summed E-state index contributed by atoms with van der Waals surface area (Å²) in [6.45, 7) is 7.49. The lowest BCUT2D eigenvalue weighted by Crippen LogP contribution is -2.55. The molecule has 0 aromatic heterocycles. The molecule has 140 valence electrons. The van der Waals surface area contributed by atoms with E-state index in [-0.39, 0.29) is 5.91 Å². The quantitative estimate of drug-likeness (QED) is 0.702. The highest BCUT2D eigenvalue weighted by atomic mass is 32.2. The first kappa shape index (κ1) is 19.8. The first-order chi connectivity index (χ1) is 11.9. The van der Waals surface area contributed by atoms with Gasteiger partial charge in [-0.3, -0.25) is 9.69 Å². The molecule has 8 heteroatoms. The van der Waals surface area contributed by atoms with E-state index in [1.807, 2.05) is 25.1 Å². The van der Waals surface area contributed by atoms with Gasteiger partial charge in [0, 0.05) is 39.3 Å². The first-order valence-corrected chi connectivity index (χ1v) is 10.2. The highest BCUT2D eigenvalue weighted by Crippen LogP contribution is 2.09. The third kappa shape index (κ3) is 6.39. The SMILES string of the molecule is CCCNS(=O)(=O)NC(C)C(=O)N1CCN(Cc2ccccc2)CC1. The number of amides is 1. The van der Waals surface area contributed by atoms with Crippen LogP contribution in [0.1, 0.15) is 25.8 Å². The molecule has 1 unspecified atom stereocenters. The van der Waals surface area contributed by atoms with E-state index in [4.69, 9.17) is 0 Å². The van der Waals surface area contributed by atoms with Crippen LogP contribution in [0.5, 0.6) is 0 Å². The van der Waals surface area contributed by atoms with Crippen LogP contribution in [0.15, 0.2) is 30.3 Å². The van der Waals surface area contributed by atoms with E-state index in [9.17, 15) is 13.2 Å². The van der Waals surface area contributed by atoms with Crippen LogP contribution in [0, 0.1) is 0 Å². The van der Waals surface area contributed by atoms with Crippen molar-refractivity contribution in [3.8, 4) is 0 Å². The van der Waals surface area contributed by atoms with Gasteiger partial charge in [0.25, 0.3) is 10.2 Å². The largest absolute Gasteiger partial charge is 0.339 e. The number of piperazine rings is 1. The van der Waals surface area contributed by atoms with Gasteiger partial charge in [0.2, 0.25) is 5.91 Å². The summed E-state index contributed by atoms with van der Waals surface area (Å²) in [5, 5.41) is 0. The Labute approximate surface area is 150 Å². The Morgan fingerprint density at radius 2 is 1.80 bits per heavy atom. The number of nitrogens with zero attached hydrogens (tertiary/aromatic N) is 2. The fourth-order valence-electron chi connectivity index (χ4n) is 2.80. The zero-order valence-corrected chi connectivity index (χ0v) is 15.8. The van der Waals surface area contributed by atoms with Crippen LogP contribution in [-0.4, -0.2) is 62.9 Å². The minimum Gasteiger partial charge on any atom is -0.339 e. The Kier molecular flexibility index (Phi) is 7.37. The third-order valence-electron chi connectivity index (χ3n) is 4.18. The molecule has 0 saturated carbocycles. The van der Waals surface area contributed by atoms with Gasteiger partial charge in [-0.1, -0.05) is 37.3 Å². The van der Waals surface area contributed by atoms with Crippen molar-refractivity contribution < 1.29 is 13.2 Å². The standard InChI is InChI=1S/C17H28N4O3S/c1-3-9-18-25(23,24)19-15(2)17(22)21-12-10-20(11-13-21)14-16-7-5-4-6-8-16/h4-8,15,18-19H,3,9-14H2,1-2H3. The van der Waals surface area contributed by atoms with Gasteiger partial charge in [-0.25, -0.2) is 4.72 Å². The van der Waals surface area contributed by atoms with Gasteiger partial charge in [0.05, 0.1) is 6.04 Å². The molecule has 1 saturated heterocycles. The van der Waals surface area contributed by atoms with Crippen LogP contribution in [0.3, 0.4) is 0 Å². The van der Waals surface area contributed by atoms with Crippen LogP contribution in [0.2, 0.25) is 0 Å². The predicted octanol–water partition coefficient (Wildman–Crippen LogP) is 0.553. The van der Waals surface area contributed by atoms with Crippen molar-refractivity contribution in [1.29, 1.82) is 0 Å². The normalized spacial score (nSPS) is 17.4. The lowest BCUT2D eigenvalue weighted by molar-refractivity contribution is -0.134. The molecule has 1 aromatic rings. The fourth-order valence-corrected chi connectivity index (χ4v) is 3.93. The molecule has 0 aliphatic carbocycles. The molecular weight excluding hydrogens is 340 g/mol. The summed E-state index contributed by atoms with van der Waals surface area (Å²) in [5.41, 5.74) is 1.26. The molecule has 1 aromatic carbocycles. The van der Waals surface area contributed by atoms with Gasteiger partial charge in [-0.15, -0.1) is 0 Å². The van der Waals surface area contributed by atoms with E-state index in [1.165, 1.54) is 5.56 Å². The molecule has 25 heavy (non-hydrogen) atoms. The lowest BCUT2D eigenvalue weighted by atomic mass is 10.2. The molecule has 2 rings (SSSR count). The summed E-state index contributed by atoms with van der Waals surface area (Å²) < 4.78 is 28.5. The van der Waals surface area contributed by atoms with Crippen molar-refractivity contribution in [2.24, 2.45) is 0 Å². The molecule has 1 aliphatic heterocycles. The molecule has 1 amide bonds. The number of rotatable bonds is 8. The molecule has 2 N–H and O–H groups in total. The summed E-state index contributed by atoms with van der Waals surface area (Å²) in [7, 11) is -3.64. The second-order valence-corrected chi connectivity index (χ2v) is 7.86. The summed E-state index contributed by atoms with van der Waals surface area (Å²) in [5.74, 6) is -0.179. The first-order valence-electron chi connectivity index (χ1n) is 8.73. The van der Waals surface area contributed by atoms with Crippen molar-refractivity contribution in [2.45, 2.75) is 32.9 Å². The molecule has 1 atom stereocenters. The molecule has 7 nitrogen and oxygen atoms in total. The maximum absolute atomic E-state index is 12.5. The molecule has 0 radical (unpaired) electrons. The minimum atomic E-state index is -3.64. The molecule has 1 aliphatic rings. The molecular formula is C17H28N4O3S. The van der Waals surface area contributed by atoms with Crippen molar-refractivity contribution in [3.05, 3.63) is 35.9 Å². The van der Waals surface area contributed by atoms with Crippen LogP contribution < -0.4 is 9.44 Å². The van der Waals surface area contributed by atoms with Gasteiger partial charge >= 0.3 is 0 Å². The van der Waals surface area contributed by atoms with E-state index in [0.29, 0.717) is 26.1 Å². The van der Waals surface area contributed by atoms with Gasteiger partial charge in [-0.2, -0.15) is 13.1 Å². The van der Waals surface area contributed by atoms with Crippen molar-refractivity contribution in [1.82, 2.24) is 19.2 Å². The van der Waals surface area contributed by atoms with Crippen LogP contribution in [0.25, 0.3) is 0 Å². The second kappa shape index (κ2) is 9.28. The number of nitrogens with one attached hydrogen (secondary N) is 2. The van der Waals surface area contributed by atoms with Crippen molar-refractivity contribution in [3.63, 3.8) is 0 Å². The van der Waals surface area contributed by atoms with Crippen LogP contribution in [-0.2, 0) is 21.5 Å². The van der Waals surface area contributed by atoms with Gasteiger partial charge in [0.1, 0.15) is 0 Å². The summed E-state index contributed by atoms with van der Waals surface area (Å²) in [6.07, 6.45) is 0.701. The Balaban J connectivity index is 1.80. The Morgan fingerprint density at radius 3 is 2.40 bits per heavy atom. The third-order valence-corrected chi connectivity index (χ3v) is 5.43. The van der Waals surface area contributed by atoms with E-state index in [2.05, 4.69) is 26.5 Å². The zero-order valence-electron chi connectivity index (χ0n) is 14.9. The smallest absolute Gasteiger partial charge is 0.277 e. The monoisotopic (exact) mass is 368 g/mol. The second-order valence-electron chi connectivity index (χ2n) is 6.32. The van der Waals surface area contributed by atoms with Gasteiger partial charge in [-0.05, 0) is 18.9 Å². The Hall–Kier alpha value is -1.48. The van der Waals surface area contributed by atoms with Crippen LogP contribution in [0.4, 0.5) is 0 Å². The highest BCUT2D eigenvalue weighted by molar-refractivity contribution is 7.87. The van der Waals surface area contributed by atoms with Crippen LogP contribution >= 0.6 is 0 Å². The predicted molar refractivity (Wildman–Crippen MR) is 98.1 cm³/mol. The maximum Gasteiger partial charge on any atom is 0.277 e. The average Bonchev–Trinajstić information content (AvgIpc) is 2.60. The van der Waals surface area contributed by atoms with Crippen molar-refractivity contribution in [2.75, 3.05) is 32.7 Å². The summed E-state index contributed by atoms with van der Waals surface area (Å²) >= 11 is 0. The van der Waals surface area contributed by atoms with E-state index < -0.39 is 16.3 Å². The highest BCUT2D eigenvalue weighted by Gasteiger charge is 2.27. The molecule has 1 heterocycles. The van der Waals surface area contributed by atoms with Gasteiger partial charge < -0.3 is 4.90 Å². The van der Waals surface area contributed by atoms with Gasteiger partial charge in [0.15, 0.2) is 0 Å². The number of benzene rings is 1. The van der Waals surface area contributed by atoms with E-state index >= 15 is 0 Å². The molecule has 0 spiro atoms. The number of carbonyl (C=O) groups excluding carboxylic acids is 1. The Morgan fingerprint density at radius 1 is 1.16 bits per heavy atom. The molecule has 1 fully saturated rings. The average molecular weight is 369 g/mol. The lowest BCUT2D eigenvalue weighted by Gasteiger charge is -2.36. The molecule has 0 bridgehead atoms. The number of hydrogen-bond acceptors (Lipinski definition) is 4. The van der Waals surface area contributed by atoms with E-state index in [0.717, 1.165) is 19.6 Å². The Bertz CT molecular complexity index is 643. The topological polar surface area (TPSA) is 81.8 Å². The zero-order chi connectivity index (χ0) is 18.3. The summed E-state index contributed by atoms with van der Waals surface area (Å²) in [4.78, 5) is 16.5. The minimum absolute atomic E-state index is 0.179. The van der Waals surface area contributed by atoms with E-state index in [1.54, 1.807) is 11.8 Å². The number of hydrogen-bond donors (Lipinski definition) is 2. The number of carbonyl (C=O) groups is 1. The fraction of sp³-hybridized carbons (Fsp3) is 0.588. The van der Waals surface area contributed by atoms with Crippen molar-refractivity contribution >= 4 is 16.1 Å². The summed E-state index contributed by atoms with van der Waals surface area (Å²) in [6, 6.07) is 9.47. The maximum atomic E-state index is 12.5.